The van der Waals surface area contributed by atoms with Gasteiger partial charge in [-0.05, 0) is 42.7 Å². The van der Waals surface area contributed by atoms with E-state index < -0.39 is 10.0 Å². The molecule has 0 saturated carbocycles. The van der Waals surface area contributed by atoms with Crippen molar-refractivity contribution in [2.75, 3.05) is 26.2 Å². The van der Waals surface area contributed by atoms with Gasteiger partial charge in [-0.15, -0.1) is 0 Å². The van der Waals surface area contributed by atoms with Gasteiger partial charge in [-0.1, -0.05) is 66.7 Å². The number of rotatable bonds is 6. The van der Waals surface area contributed by atoms with Crippen LogP contribution in [0.4, 0.5) is 0 Å². The number of piperidine rings is 2. The monoisotopic (exact) mass is 491 g/mol. The summed E-state index contributed by atoms with van der Waals surface area (Å²) in [4.78, 5) is 15.9. The first-order valence-corrected chi connectivity index (χ1v) is 14.0. The summed E-state index contributed by atoms with van der Waals surface area (Å²) in [6.07, 6.45) is 3.25. The summed E-state index contributed by atoms with van der Waals surface area (Å²) in [5, 5.41) is 4.85. The van der Waals surface area contributed by atoms with Gasteiger partial charge < -0.3 is 5.32 Å². The van der Waals surface area contributed by atoms with Crippen molar-refractivity contribution in [3.8, 4) is 0 Å². The quantitative estimate of drug-likeness (QED) is 0.566. The van der Waals surface area contributed by atoms with Crippen LogP contribution < -0.4 is 5.32 Å². The van der Waals surface area contributed by atoms with Crippen molar-refractivity contribution in [3.63, 3.8) is 0 Å². The Kier molecular flexibility index (Phi) is 7.18. The largest absolute Gasteiger partial charge is 0.353 e. The molecule has 0 unspecified atom stereocenters. The summed E-state index contributed by atoms with van der Waals surface area (Å²) >= 11 is 0. The molecule has 2 heterocycles. The highest BCUT2D eigenvalue weighted by Gasteiger charge is 2.35. The fourth-order valence-corrected chi connectivity index (χ4v) is 7.07. The van der Waals surface area contributed by atoms with Gasteiger partial charge in [-0.3, -0.25) is 9.69 Å². The molecular weight excluding hydrogens is 458 g/mol. The number of fused-ring (bicyclic) bond motifs is 1. The molecule has 2 aliphatic heterocycles. The van der Waals surface area contributed by atoms with Crippen LogP contribution in [0.15, 0.2) is 77.7 Å². The lowest BCUT2D eigenvalue weighted by Gasteiger charge is -2.35. The van der Waals surface area contributed by atoms with Crippen molar-refractivity contribution in [3.05, 3.63) is 78.4 Å². The summed E-state index contributed by atoms with van der Waals surface area (Å²) in [6.45, 7) is 3.53. The molecule has 3 aromatic carbocycles. The molecule has 184 valence electrons. The van der Waals surface area contributed by atoms with E-state index >= 15 is 0 Å². The van der Waals surface area contributed by atoms with Gasteiger partial charge in [-0.2, -0.15) is 4.31 Å². The minimum absolute atomic E-state index is 0.00988. The van der Waals surface area contributed by atoms with Crippen LogP contribution in [-0.2, 0) is 21.4 Å². The smallest absolute Gasteiger partial charge is 0.243 e. The van der Waals surface area contributed by atoms with Gasteiger partial charge in [0.1, 0.15) is 0 Å². The third kappa shape index (κ3) is 5.42. The van der Waals surface area contributed by atoms with Crippen molar-refractivity contribution < 1.29 is 13.2 Å². The van der Waals surface area contributed by atoms with E-state index in [-0.39, 0.29) is 24.4 Å². The molecule has 1 amide bonds. The number of nitrogens with one attached hydrogen (secondary N) is 1. The second kappa shape index (κ2) is 10.5. The number of carbonyl (C=O) groups is 1. The van der Waals surface area contributed by atoms with Crippen molar-refractivity contribution in [2.24, 2.45) is 5.92 Å². The molecule has 1 N–H and O–H groups in total. The van der Waals surface area contributed by atoms with Crippen LogP contribution in [0, 0.1) is 5.92 Å². The lowest BCUT2D eigenvalue weighted by molar-refractivity contribution is -0.127. The maximum Gasteiger partial charge on any atom is 0.243 e. The summed E-state index contributed by atoms with van der Waals surface area (Å²) in [5.41, 5.74) is 1.31. The number of hydrogen-bond acceptors (Lipinski definition) is 4. The van der Waals surface area contributed by atoms with Gasteiger partial charge in [0.05, 0.1) is 10.8 Å². The zero-order chi connectivity index (χ0) is 24.3. The molecule has 7 heteroatoms. The molecule has 6 nitrogen and oxygen atoms in total. The molecule has 0 bridgehead atoms. The Morgan fingerprint density at radius 2 is 1.57 bits per heavy atom. The Labute approximate surface area is 208 Å². The third-order valence-electron chi connectivity index (χ3n) is 7.31. The fraction of sp³-hybridized carbons (Fsp3) is 0.393. The van der Waals surface area contributed by atoms with E-state index in [2.05, 4.69) is 34.5 Å². The molecule has 0 aromatic heterocycles. The first-order chi connectivity index (χ1) is 17.0. The topological polar surface area (TPSA) is 69.7 Å². The molecule has 0 radical (unpaired) electrons. The van der Waals surface area contributed by atoms with Crippen molar-refractivity contribution in [1.82, 2.24) is 14.5 Å². The number of hydrogen-bond donors (Lipinski definition) is 1. The average molecular weight is 492 g/mol. The van der Waals surface area contributed by atoms with Crippen LogP contribution in [0.2, 0.25) is 0 Å². The predicted molar refractivity (Wildman–Crippen MR) is 138 cm³/mol. The number of sulfonamides is 1. The first-order valence-electron chi connectivity index (χ1n) is 12.6. The van der Waals surface area contributed by atoms with E-state index in [0.29, 0.717) is 17.9 Å². The molecule has 2 saturated heterocycles. The number of carbonyl (C=O) groups excluding carboxylic acids is 1. The van der Waals surface area contributed by atoms with Crippen LogP contribution in [0.1, 0.15) is 31.2 Å². The van der Waals surface area contributed by atoms with Gasteiger partial charge in [0.2, 0.25) is 15.9 Å². The zero-order valence-corrected chi connectivity index (χ0v) is 20.8. The third-order valence-corrected chi connectivity index (χ3v) is 9.23. The zero-order valence-electron chi connectivity index (χ0n) is 20.0. The number of likely N-dealkylation sites (tertiary alicyclic amines) is 1. The summed E-state index contributed by atoms with van der Waals surface area (Å²) in [5.74, 6) is -0.319. The first kappa shape index (κ1) is 24.0. The van der Waals surface area contributed by atoms with Crippen molar-refractivity contribution in [1.29, 1.82) is 0 Å². The number of nitrogens with zero attached hydrogens (tertiary/aromatic N) is 2. The Morgan fingerprint density at radius 3 is 2.37 bits per heavy atom. The second-order valence-electron chi connectivity index (χ2n) is 9.72. The fourth-order valence-electron chi connectivity index (χ4n) is 5.33. The molecule has 0 aliphatic carbocycles. The standard InChI is InChI=1S/C28H33N3O3S/c32-28(29-25-15-18-30(19-16-25)20-22-8-2-1-3-9-22)24-12-7-17-31(21-24)35(33,34)27-14-6-11-23-10-4-5-13-26(23)27/h1-6,8-11,13-14,24-25H,7,12,15-21H2,(H,29,32)/t24-/m0/s1. The molecule has 35 heavy (non-hydrogen) atoms. The van der Waals surface area contributed by atoms with Crippen molar-refractivity contribution in [2.45, 2.75) is 43.2 Å². The summed E-state index contributed by atoms with van der Waals surface area (Å²) < 4.78 is 28.6. The van der Waals surface area contributed by atoms with Crippen LogP contribution in [0.3, 0.4) is 0 Å². The maximum atomic E-state index is 13.5. The maximum absolute atomic E-state index is 13.5. The highest BCUT2D eigenvalue weighted by atomic mass is 32.2. The molecule has 2 aliphatic rings. The van der Waals surface area contributed by atoms with E-state index in [9.17, 15) is 13.2 Å². The van der Waals surface area contributed by atoms with Crippen molar-refractivity contribution >= 4 is 26.7 Å². The minimum Gasteiger partial charge on any atom is -0.353 e. The molecule has 3 aromatic rings. The lowest BCUT2D eigenvalue weighted by atomic mass is 9.97. The lowest BCUT2D eigenvalue weighted by Crippen LogP contribution is -2.50. The second-order valence-corrected chi connectivity index (χ2v) is 11.6. The highest BCUT2D eigenvalue weighted by Crippen LogP contribution is 2.29. The molecule has 2 fully saturated rings. The van der Waals surface area contributed by atoms with E-state index in [0.717, 1.165) is 49.7 Å². The molecule has 1 atom stereocenters. The van der Waals surface area contributed by atoms with Gasteiger partial charge in [0, 0.05) is 44.2 Å². The summed E-state index contributed by atoms with van der Waals surface area (Å²) in [6, 6.07) is 23.5. The van der Waals surface area contributed by atoms with E-state index in [1.807, 2.05) is 36.4 Å². The van der Waals surface area contributed by atoms with Crippen LogP contribution >= 0.6 is 0 Å². The average Bonchev–Trinajstić information content (AvgIpc) is 2.90. The van der Waals surface area contributed by atoms with Gasteiger partial charge >= 0.3 is 0 Å². The molecule has 5 rings (SSSR count). The van der Waals surface area contributed by atoms with Crippen LogP contribution in [0.5, 0.6) is 0 Å². The van der Waals surface area contributed by atoms with Crippen LogP contribution in [-0.4, -0.2) is 55.8 Å². The van der Waals surface area contributed by atoms with E-state index in [1.165, 1.54) is 9.87 Å². The Bertz CT molecular complexity index is 1270. The minimum atomic E-state index is -3.68. The highest BCUT2D eigenvalue weighted by molar-refractivity contribution is 7.89. The molecule has 0 spiro atoms. The Balaban J connectivity index is 1.19. The van der Waals surface area contributed by atoms with Gasteiger partial charge in [0.25, 0.3) is 0 Å². The SMILES string of the molecule is O=C(NC1CCN(Cc2ccccc2)CC1)[C@H]1CCCN(S(=O)(=O)c2cccc3ccccc23)C1. The predicted octanol–water partition coefficient (Wildman–Crippen LogP) is 4.02. The normalized spacial score (nSPS) is 20.6. The van der Waals surface area contributed by atoms with E-state index in [1.54, 1.807) is 12.1 Å². The Morgan fingerprint density at radius 1 is 0.857 bits per heavy atom. The summed E-state index contributed by atoms with van der Waals surface area (Å²) in [7, 11) is -3.68. The Hall–Kier alpha value is -2.74. The van der Waals surface area contributed by atoms with Gasteiger partial charge in [-0.25, -0.2) is 8.42 Å². The van der Waals surface area contributed by atoms with Gasteiger partial charge in [0.15, 0.2) is 0 Å². The van der Waals surface area contributed by atoms with Crippen LogP contribution in [0.25, 0.3) is 10.8 Å². The number of amides is 1. The van der Waals surface area contributed by atoms with E-state index in [4.69, 9.17) is 0 Å². The number of benzene rings is 3. The molecular formula is C28H33N3O3S.